The number of fused-ring (bicyclic) bond motifs is 3. The summed E-state index contributed by atoms with van der Waals surface area (Å²) in [5, 5.41) is 3.46. The highest BCUT2D eigenvalue weighted by atomic mass is 35.5. The maximum Gasteiger partial charge on any atom is 0.261 e. The number of hydrogen-bond acceptors (Lipinski definition) is 3. The molecule has 0 saturated heterocycles. The Morgan fingerprint density at radius 3 is 2.75 bits per heavy atom. The quantitative estimate of drug-likeness (QED) is 0.476. The van der Waals surface area contributed by atoms with Crippen LogP contribution in [-0.4, -0.2) is 16.7 Å². The molecule has 0 bridgehead atoms. The van der Waals surface area contributed by atoms with Crippen LogP contribution in [0.3, 0.4) is 0 Å². The van der Waals surface area contributed by atoms with Crippen molar-refractivity contribution in [3.8, 4) is 5.75 Å². The predicted octanol–water partition coefficient (Wildman–Crippen LogP) is 5.16. The Morgan fingerprint density at radius 2 is 1.89 bits per heavy atom. The van der Waals surface area contributed by atoms with Gasteiger partial charge in [-0.25, -0.2) is 4.98 Å². The first-order chi connectivity index (χ1) is 13.6. The third kappa shape index (κ3) is 2.77. The van der Waals surface area contributed by atoms with Crippen LogP contribution >= 0.6 is 11.6 Å². The van der Waals surface area contributed by atoms with Gasteiger partial charge in [-0.1, -0.05) is 29.8 Å². The molecule has 138 valence electrons. The lowest BCUT2D eigenvalue weighted by Crippen LogP contribution is -2.20. The second-order valence-electron chi connectivity index (χ2n) is 6.95. The van der Waals surface area contributed by atoms with E-state index in [4.69, 9.17) is 21.3 Å². The third-order valence-electron chi connectivity index (χ3n) is 5.22. The first kappa shape index (κ1) is 17.0. The summed E-state index contributed by atoms with van der Waals surface area (Å²) >= 11 is 6.09. The summed E-state index contributed by atoms with van der Waals surface area (Å²) in [5.41, 5.74) is 2.78. The maximum absolute atomic E-state index is 12.8. The Morgan fingerprint density at radius 1 is 1.07 bits per heavy atom. The highest BCUT2D eigenvalue weighted by Gasteiger charge is 2.21. The summed E-state index contributed by atoms with van der Waals surface area (Å²) in [5.74, 6) is 1.58. The van der Waals surface area contributed by atoms with E-state index in [-0.39, 0.29) is 5.56 Å². The molecule has 3 aromatic carbocycles. The predicted molar refractivity (Wildman–Crippen MR) is 114 cm³/mol. The SMILES string of the molecule is COc1ccc2cc(/C=C3\CCn4c3nc3cc(Cl)ccc3c4=O)ccc2c1. The van der Waals surface area contributed by atoms with Gasteiger partial charge in [-0.15, -0.1) is 0 Å². The number of aromatic nitrogens is 2. The Bertz CT molecular complexity index is 1340. The molecule has 0 aliphatic carbocycles. The molecule has 0 unspecified atom stereocenters. The zero-order valence-corrected chi connectivity index (χ0v) is 16.0. The van der Waals surface area contributed by atoms with Gasteiger partial charge in [-0.2, -0.15) is 0 Å². The van der Waals surface area contributed by atoms with Crippen LogP contribution < -0.4 is 10.3 Å². The molecule has 0 saturated carbocycles. The molecule has 1 aliphatic rings. The molecule has 5 heteroatoms. The number of hydrogen-bond donors (Lipinski definition) is 0. The normalized spacial score (nSPS) is 14.7. The Balaban J connectivity index is 1.62. The monoisotopic (exact) mass is 388 g/mol. The van der Waals surface area contributed by atoms with Gasteiger partial charge in [0.15, 0.2) is 0 Å². The Hall–Kier alpha value is -3.11. The summed E-state index contributed by atoms with van der Waals surface area (Å²) in [6, 6.07) is 17.6. The highest BCUT2D eigenvalue weighted by Crippen LogP contribution is 2.29. The van der Waals surface area contributed by atoms with Crippen LogP contribution in [0.25, 0.3) is 33.3 Å². The van der Waals surface area contributed by atoms with Crippen molar-refractivity contribution >= 4 is 44.9 Å². The summed E-state index contributed by atoms with van der Waals surface area (Å²) in [6.45, 7) is 0.649. The lowest BCUT2D eigenvalue weighted by molar-refractivity contribution is 0.415. The number of nitrogens with zero attached hydrogens (tertiary/aromatic N) is 2. The van der Waals surface area contributed by atoms with Gasteiger partial charge in [-0.05, 0) is 70.8 Å². The second kappa shape index (κ2) is 6.50. The molecule has 0 spiro atoms. The molecule has 1 aromatic heterocycles. The molecule has 0 atom stereocenters. The third-order valence-corrected chi connectivity index (χ3v) is 5.46. The standard InChI is InChI=1S/C23H17ClN2O2/c1-28-19-6-4-15-10-14(2-3-16(15)12-19)11-17-8-9-26-22(17)25-21-13-18(24)5-7-20(21)23(26)27/h2-7,10-13H,8-9H2,1H3/b17-11+. The van der Waals surface area contributed by atoms with E-state index in [9.17, 15) is 4.79 Å². The fourth-order valence-electron chi connectivity index (χ4n) is 3.79. The minimum Gasteiger partial charge on any atom is -0.497 e. The number of allylic oxidation sites excluding steroid dienone is 1. The van der Waals surface area contributed by atoms with Gasteiger partial charge in [-0.3, -0.25) is 9.36 Å². The van der Waals surface area contributed by atoms with Crippen molar-refractivity contribution in [2.24, 2.45) is 0 Å². The topological polar surface area (TPSA) is 44.1 Å². The minimum atomic E-state index is -0.00864. The average Bonchev–Trinajstić information content (AvgIpc) is 3.10. The molecule has 0 amide bonds. The van der Waals surface area contributed by atoms with Crippen molar-refractivity contribution in [3.05, 3.63) is 81.4 Å². The summed E-state index contributed by atoms with van der Waals surface area (Å²) in [7, 11) is 1.67. The Kier molecular flexibility index (Phi) is 3.95. The van der Waals surface area contributed by atoms with Gasteiger partial charge in [0.1, 0.15) is 11.6 Å². The summed E-state index contributed by atoms with van der Waals surface area (Å²) in [6.07, 6.45) is 2.90. The van der Waals surface area contributed by atoms with Gasteiger partial charge < -0.3 is 4.74 Å². The van der Waals surface area contributed by atoms with E-state index < -0.39 is 0 Å². The average molecular weight is 389 g/mol. The molecule has 0 N–H and O–H groups in total. The van der Waals surface area contributed by atoms with E-state index >= 15 is 0 Å². The first-order valence-corrected chi connectivity index (χ1v) is 9.49. The fraction of sp³-hybridized carbons (Fsp3) is 0.130. The number of ether oxygens (including phenoxy) is 1. The zero-order chi connectivity index (χ0) is 19.3. The smallest absolute Gasteiger partial charge is 0.261 e. The maximum atomic E-state index is 12.8. The van der Waals surface area contributed by atoms with Crippen molar-refractivity contribution in [1.82, 2.24) is 9.55 Å². The van der Waals surface area contributed by atoms with Gasteiger partial charge in [0.05, 0.1) is 18.0 Å². The molecule has 1 aliphatic heterocycles. The van der Waals surface area contributed by atoms with Gasteiger partial charge in [0.2, 0.25) is 0 Å². The van der Waals surface area contributed by atoms with Crippen LogP contribution in [0, 0.1) is 0 Å². The van der Waals surface area contributed by atoms with Gasteiger partial charge in [0.25, 0.3) is 5.56 Å². The molecule has 4 nitrogen and oxygen atoms in total. The number of rotatable bonds is 2. The molecular formula is C23H17ClN2O2. The minimum absolute atomic E-state index is 0.00864. The van der Waals surface area contributed by atoms with Crippen molar-refractivity contribution in [2.45, 2.75) is 13.0 Å². The van der Waals surface area contributed by atoms with Crippen LogP contribution in [0.15, 0.2) is 59.4 Å². The van der Waals surface area contributed by atoms with Crippen LogP contribution in [-0.2, 0) is 6.54 Å². The molecule has 2 heterocycles. The summed E-state index contributed by atoms with van der Waals surface area (Å²) in [4.78, 5) is 17.5. The number of methoxy groups -OCH3 is 1. The molecule has 0 radical (unpaired) electrons. The molecule has 5 rings (SSSR count). The van der Waals surface area contributed by atoms with Crippen LogP contribution in [0.2, 0.25) is 5.02 Å². The molecule has 4 aromatic rings. The number of benzene rings is 3. The van der Waals surface area contributed by atoms with E-state index in [1.807, 2.05) is 12.1 Å². The molecule has 28 heavy (non-hydrogen) atoms. The van der Waals surface area contributed by atoms with E-state index in [0.29, 0.717) is 22.5 Å². The molecule has 0 fully saturated rings. The first-order valence-electron chi connectivity index (χ1n) is 9.11. The Labute approximate surface area is 166 Å². The van der Waals surface area contributed by atoms with Crippen LogP contribution in [0.1, 0.15) is 17.8 Å². The van der Waals surface area contributed by atoms with Crippen LogP contribution in [0.4, 0.5) is 0 Å². The van der Waals surface area contributed by atoms with E-state index in [1.54, 1.807) is 29.9 Å². The zero-order valence-electron chi connectivity index (χ0n) is 15.3. The number of halogens is 1. The second-order valence-corrected chi connectivity index (χ2v) is 7.38. The van der Waals surface area contributed by atoms with Gasteiger partial charge >= 0.3 is 0 Å². The van der Waals surface area contributed by atoms with Crippen LogP contribution in [0.5, 0.6) is 5.75 Å². The lowest BCUT2D eigenvalue weighted by atomic mass is 10.0. The largest absolute Gasteiger partial charge is 0.497 e. The molecular weight excluding hydrogens is 372 g/mol. The van der Waals surface area contributed by atoms with E-state index in [1.165, 1.54) is 0 Å². The van der Waals surface area contributed by atoms with E-state index in [2.05, 4.69) is 30.3 Å². The van der Waals surface area contributed by atoms with E-state index in [0.717, 1.165) is 39.9 Å². The van der Waals surface area contributed by atoms with Crippen molar-refractivity contribution < 1.29 is 4.74 Å². The summed E-state index contributed by atoms with van der Waals surface area (Å²) < 4.78 is 7.05. The lowest BCUT2D eigenvalue weighted by Gasteiger charge is -2.06. The highest BCUT2D eigenvalue weighted by molar-refractivity contribution is 6.31. The van der Waals surface area contributed by atoms with Crippen molar-refractivity contribution in [2.75, 3.05) is 7.11 Å². The van der Waals surface area contributed by atoms with Crippen molar-refractivity contribution in [3.63, 3.8) is 0 Å². The fourth-order valence-corrected chi connectivity index (χ4v) is 3.95. The van der Waals surface area contributed by atoms with Gasteiger partial charge in [0, 0.05) is 11.6 Å². The van der Waals surface area contributed by atoms with Crippen molar-refractivity contribution in [1.29, 1.82) is 0 Å².